The Morgan fingerprint density at radius 3 is 2.84 bits per heavy atom. The summed E-state index contributed by atoms with van der Waals surface area (Å²) in [6.45, 7) is 4.40. The Morgan fingerprint density at radius 2 is 2.13 bits per heavy atom. The quantitative estimate of drug-likeness (QED) is 0.643. The molecule has 170 valence electrons. The third-order valence-corrected chi connectivity index (χ3v) is 5.71. The molecule has 0 radical (unpaired) electrons. The van der Waals surface area contributed by atoms with E-state index in [2.05, 4.69) is 15.3 Å². The lowest BCUT2D eigenvalue weighted by Crippen LogP contribution is -2.39. The normalized spacial score (nSPS) is 15.5. The lowest BCUT2D eigenvalue weighted by atomic mass is 9.99. The topological polar surface area (TPSA) is 59.4 Å². The van der Waals surface area contributed by atoms with Crippen LogP contribution in [0.15, 0.2) is 24.3 Å². The summed E-state index contributed by atoms with van der Waals surface area (Å²) in [4.78, 5) is 14.8. The Labute approximate surface area is 180 Å². The van der Waals surface area contributed by atoms with Gasteiger partial charge in [0.25, 0.3) is 5.91 Å². The number of benzene rings is 1. The first kappa shape index (κ1) is 23.3. The molecule has 6 nitrogen and oxygen atoms in total. The molecule has 0 spiro atoms. The Kier molecular flexibility index (Phi) is 7.38. The molecule has 0 saturated heterocycles. The molecule has 31 heavy (non-hydrogen) atoms. The van der Waals surface area contributed by atoms with Gasteiger partial charge in [0.15, 0.2) is 5.69 Å². The van der Waals surface area contributed by atoms with Crippen LogP contribution in [0.5, 0.6) is 0 Å². The number of methoxy groups -OCH3 is 1. The van der Waals surface area contributed by atoms with Gasteiger partial charge in [0.05, 0.1) is 5.56 Å². The van der Waals surface area contributed by atoms with Gasteiger partial charge in [-0.05, 0) is 31.4 Å². The van der Waals surface area contributed by atoms with E-state index in [-0.39, 0.29) is 11.9 Å². The van der Waals surface area contributed by atoms with E-state index in [1.54, 1.807) is 17.9 Å². The zero-order valence-electron chi connectivity index (χ0n) is 18.1. The average molecular weight is 438 g/mol. The van der Waals surface area contributed by atoms with E-state index in [1.807, 2.05) is 14.0 Å². The summed E-state index contributed by atoms with van der Waals surface area (Å²) < 4.78 is 45.8. The van der Waals surface area contributed by atoms with E-state index in [9.17, 15) is 18.0 Å². The molecule has 1 aliphatic rings. The standard InChI is InChI=1S/C22H29F3N4O2/c1-15(12-16-6-4-7-17(13-16)22(23,24)25)29-10-8-19-18(14-29)20(27-28(19)2)21(30)26-9-5-11-31-3/h4,6-7,13,15H,5,8-12,14H2,1-3H3,(H,26,30). The molecule has 1 amide bonds. The summed E-state index contributed by atoms with van der Waals surface area (Å²) in [7, 11) is 3.45. The number of aryl methyl sites for hydroxylation is 1. The zero-order chi connectivity index (χ0) is 22.6. The number of carbonyl (C=O) groups is 1. The van der Waals surface area contributed by atoms with Gasteiger partial charge in [-0.3, -0.25) is 14.4 Å². The van der Waals surface area contributed by atoms with E-state index in [0.29, 0.717) is 37.4 Å². The fourth-order valence-corrected chi connectivity index (χ4v) is 4.02. The van der Waals surface area contributed by atoms with Crippen molar-refractivity contribution in [2.24, 2.45) is 7.05 Å². The number of rotatable bonds is 8. The maximum absolute atomic E-state index is 13.0. The summed E-state index contributed by atoms with van der Waals surface area (Å²) in [5, 5.41) is 7.31. The molecule has 0 saturated carbocycles. The highest BCUT2D eigenvalue weighted by Gasteiger charge is 2.31. The van der Waals surface area contributed by atoms with Gasteiger partial charge in [-0.25, -0.2) is 0 Å². The number of nitrogens with one attached hydrogen (secondary N) is 1. The molecular weight excluding hydrogens is 409 g/mol. The number of hydrogen-bond acceptors (Lipinski definition) is 4. The second kappa shape index (κ2) is 9.82. The Morgan fingerprint density at radius 1 is 1.35 bits per heavy atom. The molecule has 2 heterocycles. The molecule has 1 aromatic heterocycles. The van der Waals surface area contributed by atoms with Gasteiger partial charge >= 0.3 is 6.18 Å². The van der Waals surface area contributed by atoms with E-state index < -0.39 is 11.7 Å². The second-order valence-corrected chi connectivity index (χ2v) is 7.97. The van der Waals surface area contributed by atoms with Crippen LogP contribution < -0.4 is 5.32 Å². The summed E-state index contributed by atoms with van der Waals surface area (Å²) in [5.74, 6) is -0.208. The summed E-state index contributed by atoms with van der Waals surface area (Å²) in [6, 6.07) is 5.51. The summed E-state index contributed by atoms with van der Waals surface area (Å²) in [6.07, 6.45) is -2.39. The number of aromatic nitrogens is 2. The number of nitrogens with zero attached hydrogens (tertiary/aromatic N) is 3. The molecule has 9 heteroatoms. The van der Waals surface area contributed by atoms with E-state index in [4.69, 9.17) is 4.74 Å². The van der Waals surface area contributed by atoms with E-state index >= 15 is 0 Å². The van der Waals surface area contributed by atoms with Gasteiger partial charge in [0, 0.05) is 64.1 Å². The van der Waals surface area contributed by atoms with Crippen LogP contribution in [0.3, 0.4) is 0 Å². The number of fused-ring (bicyclic) bond motifs is 1. The number of amides is 1. The van der Waals surface area contributed by atoms with Crippen molar-refractivity contribution in [3.63, 3.8) is 0 Å². The third kappa shape index (κ3) is 5.65. The molecule has 1 unspecified atom stereocenters. The van der Waals surface area contributed by atoms with Crippen molar-refractivity contribution >= 4 is 5.91 Å². The predicted octanol–water partition coefficient (Wildman–Crippen LogP) is 3.19. The fraction of sp³-hybridized carbons (Fsp3) is 0.545. The lowest BCUT2D eigenvalue weighted by molar-refractivity contribution is -0.137. The van der Waals surface area contributed by atoms with Gasteiger partial charge in [-0.1, -0.05) is 18.2 Å². The molecule has 1 aromatic carbocycles. The number of ether oxygens (including phenoxy) is 1. The smallest absolute Gasteiger partial charge is 0.385 e. The molecule has 1 aliphatic heterocycles. The van der Waals surface area contributed by atoms with E-state index in [1.165, 1.54) is 12.1 Å². The molecular formula is C22H29F3N4O2. The van der Waals surface area contributed by atoms with Crippen molar-refractivity contribution < 1.29 is 22.7 Å². The molecule has 0 bridgehead atoms. The largest absolute Gasteiger partial charge is 0.416 e. The fourth-order valence-electron chi connectivity index (χ4n) is 4.02. The van der Waals surface area contributed by atoms with Crippen molar-refractivity contribution in [3.05, 3.63) is 52.3 Å². The highest BCUT2D eigenvalue weighted by Crippen LogP contribution is 2.30. The van der Waals surface area contributed by atoms with Gasteiger partial charge in [0.2, 0.25) is 0 Å². The molecule has 2 aromatic rings. The number of alkyl halides is 3. The van der Waals surface area contributed by atoms with Crippen LogP contribution in [0, 0.1) is 0 Å². The first-order valence-electron chi connectivity index (χ1n) is 10.4. The van der Waals surface area contributed by atoms with Gasteiger partial charge < -0.3 is 10.1 Å². The number of carbonyl (C=O) groups excluding carboxylic acids is 1. The van der Waals surface area contributed by atoms with Crippen molar-refractivity contribution in [1.82, 2.24) is 20.0 Å². The number of hydrogen-bond donors (Lipinski definition) is 1. The molecule has 1 atom stereocenters. The van der Waals surface area contributed by atoms with Crippen LogP contribution in [-0.2, 0) is 37.3 Å². The Balaban J connectivity index is 1.69. The van der Waals surface area contributed by atoms with E-state index in [0.717, 1.165) is 36.7 Å². The first-order chi connectivity index (χ1) is 14.7. The molecule has 0 fully saturated rings. The monoisotopic (exact) mass is 438 g/mol. The van der Waals surface area contributed by atoms with Gasteiger partial charge in [-0.2, -0.15) is 18.3 Å². The minimum absolute atomic E-state index is 0.0226. The minimum Gasteiger partial charge on any atom is -0.385 e. The van der Waals surface area contributed by atoms with Crippen LogP contribution in [0.1, 0.15) is 46.2 Å². The van der Waals surface area contributed by atoms with Gasteiger partial charge in [0.1, 0.15) is 0 Å². The highest BCUT2D eigenvalue weighted by atomic mass is 19.4. The maximum atomic E-state index is 13.0. The molecule has 0 aliphatic carbocycles. The summed E-state index contributed by atoms with van der Waals surface area (Å²) >= 11 is 0. The third-order valence-electron chi connectivity index (χ3n) is 5.71. The van der Waals surface area contributed by atoms with Crippen molar-refractivity contribution in [1.29, 1.82) is 0 Å². The predicted molar refractivity (Wildman–Crippen MR) is 111 cm³/mol. The van der Waals surface area contributed by atoms with Crippen molar-refractivity contribution in [2.45, 2.75) is 44.9 Å². The molecule has 1 N–H and O–H groups in total. The number of halogens is 3. The Bertz CT molecular complexity index is 911. The van der Waals surface area contributed by atoms with Crippen LogP contribution >= 0.6 is 0 Å². The average Bonchev–Trinajstić information content (AvgIpc) is 3.07. The van der Waals surface area contributed by atoms with Gasteiger partial charge in [-0.15, -0.1) is 0 Å². The Hall–Kier alpha value is -2.39. The minimum atomic E-state index is -4.35. The summed E-state index contributed by atoms with van der Waals surface area (Å²) in [5.41, 5.74) is 2.37. The first-order valence-corrected chi connectivity index (χ1v) is 10.4. The SMILES string of the molecule is COCCCNC(=O)c1nn(C)c2c1CN(C(C)Cc1cccc(C(F)(F)F)c1)CC2. The maximum Gasteiger partial charge on any atom is 0.416 e. The van der Waals surface area contributed by atoms with Crippen LogP contribution in [0.25, 0.3) is 0 Å². The van der Waals surface area contributed by atoms with Crippen molar-refractivity contribution in [3.8, 4) is 0 Å². The second-order valence-electron chi connectivity index (χ2n) is 7.97. The molecule has 3 rings (SSSR count). The highest BCUT2D eigenvalue weighted by molar-refractivity contribution is 5.94. The van der Waals surface area contributed by atoms with Crippen LogP contribution in [-0.4, -0.2) is 53.4 Å². The zero-order valence-corrected chi connectivity index (χ0v) is 18.1. The van der Waals surface area contributed by atoms with Crippen molar-refractivity contribution in [2.75, 3.05) is 26.8 Å². The van der Waals surface area contributed by atoms with Crippen LogP contribution in [0.2, 0.25) is 0 Å². The lowest BCUT2D eigenvalue weighted by Gasteiger charge is -2.33. The van der Waals surface area contributed by atoms with Crippen LogP contribution in [0.4, 0.5) is 13.2 Å².